The molecule has 0 bridgehead atoms. The van der Waals surface area contributed by atoms with E-state index in [0.29, 0.717) is 19.0 Å². The number of piperidine rings is 1. The van der Waals surface area contributed by atoms with Gasteiger partial charge in [0.1, 0.15) is 5.82 Å². The Bertz CT molecular complexity index is 684. The molecule has 8 heteroatoms. The fraction of sp³-hybridized carbons (Fsp3) is 0.529. The molecule has 0 aliphatic carbocycles. The molecule has 140 valence electrons. The van der Waals surface area contributed by atoms with E-state index in [1.165, 1.54) is 4.90 Å². The molecule has 2 aromatic rings. The fourth-order valence-corrected chi connectivity index (χ4v) is 3.90. The van der Waals surface area contributed by atoms with Crippen LogP contribution in [0.5, 0.6) is 0 Å². The van der Waals surface area contributed by atoms with Crippen molar-refractivity contribution < 1.29 is 0 Å². The number of halogens is 2. The molecule has 3 rings (SSSR count). The molecular formula is C17H26Cl2N4OS. The second-order valence-corrected chi connectivity index (χ2v) is 6.96. The van der Waals surface area contributed by atoms with Gasteiger partial charge in [-0.2, -0.15) is 5.10 Å². The summed E-state index contributed by atoms with van der Waals surface area (Å²) in [5.74, 6) is 2.24. The number of benzene rings is 1. The van der Waals surface area contributed by atoms with Crippen LogP contribution in [0.2, 0.25) is 0 Å². The van der Waals surface area contributed by atoms with Crippen molar-refractivity contribution in [1.29, 1.82) is 0 Å². The number of aromatic nitrogens is 3. The predicted molar refractivity (Wildman–Crippen MR) is 109 cm³/mol. The summed E-state index contributed by atoms with van der Waals surface area (Å²) in [5.41, 5.74) is 0.0368. The Morgan fingerprint density at radius 2 is 1.88 bits per heavy atom. The van der Waals surface area contributed by atoms with Gasteiger partial charge in [0.15, 0.2) is 0 Å². The first-order chi connectivity index (χ1) is 11.3. The summed E-state index contributed by atoms with van der Waals surface area (Å²) < 4.78 is 3.50. The minimum Gasteiger partial charge on any atom is -0.317 e. The molecule has 5 nitrogen and oxygen atoms in total. The quantitative estimate of drug-likeness (QED) is 0.751. The first kappa shape index (κ1) is 22.1. The minimum absolute atomic E-state index is 0. The highest BCUT2D eigenvalue weighted by molar-refractivity contribution is 7.99. The molecule has 1 N–H and O–H groups in total. The zero-order chi connectivity index (χ0) is 16.1. The molecule has 0 saturated carbocycles. The third-order valence-electron chi connectivity index (χ3n) is 4.29. The lowest BCUT2D eigenvalue weighted by atomic mass is 9.97. The number of thioether (sulfide) groups is 1. The van der Waals surface area contributed by atoms with E-state index in [2.05, 4.69) is 22.5 Å². The molecule has 1 aliphatic rings. The summed E-state index contributed by atoms with van der Waals surface area (Å²) in [7, 11) is 0. The Kier molecular flexibility index (Phi) is 9.64. The number of nitrogens with one attached hydrogen (secondary N) is 1. The van der Waals surface area contributed by atoms with Crippen LogP contribution >= 0.6 is 36.6 Å². The van der Waals surface area contributed by atoms with Crippen LogP contribution in [0, 0.1) is 0 Å². The highest BCUT2D eigenvalue weighted by Gasteiger charge is 2.23. The number of aryl methyl sites for hydroxylation is 1. The number of nitrogens with zero attached hydrogens (tertiary/aromatic N) is 3. The molecule has 0 radical (unpaired) electrons. The van der Waals surface area contributed by atoms with E-state index >= 15 is 0 Å². The van der Waals surface area contributed by atoms with Crippen LogP contribution in [0.3, 0.4) is 0 Å². The van der Waals surface area contributed by atoms with E-state index in [0.717, 1.165) is 37.5 Å². The number of rotatable bonds is 6. The Labute approximate surface area is 165 Å². The van der Waals surface area contributed by atoms with Crippen molar-refractivity contribution in [1.82, 2.24) is 19.7 Å². The van der Waals surface area contributed by atoms with Gasteiger partial charge in [-0.3, -0.25) is 4.57 Å². The summed E-state index contributed by atoms with van der Waals surface area (Å²) in [6, 6.07) is 10.3. The summed E-state index contributed by atoms with van der Waals surface area (Å²) in [6.45, 7) is 5.41. The first-order valence-electron chi connectivity index (χ1n) is 8.35. The fourth-order valence-electron chi connectivity index (χ4n) is 3.05. The van der Waals surface area contributed by atoms with E-state index in [4.69, 9.17) is 0 Å². The minimum atomic E-state index is 0. The van der Waals surface area contributed by atoms with E-state index in [9.17, 15) is 4.79 Å². The Balaban J connectivity index is 0.00000156. The molecule has 1 fully saturated rings. The second kappa shape index (κ2) is 10.9. The normalized spacial score (nSPS) is 14.6. The third-order valence-corrected chi connectivity index (χ3v) is 5.28. The molecule has 0 atom stereocenters. The maximum absolute atomic E-state index is 12.5. The SMILES string of the molecule is CCn1c(C2CCNCC2)nn(CCSc2ccccc2)c1=O.Cl.Cl. The molecule has 25 heavy (non-hydrogen) atoms. The van der Waals surface area contributed by atoms with Gasteiger partial charge in [-0.1, -0.05) is 18.2 Å². The molecule has 1 aliphatic heterocycles. The summed E-state index contributed by atoms with van der Waals surface area (Å²) in [4.78, 5) is 13.8. The van der Waals surface area contributed by atoms with Crippen LogP contribution in [-0.4, -0.2) is 33.2 Å². The van der Waals surface area contributed by atoms with Crippen molar-refractivity contribution in [3.63, 3.8) is 0 Å². The Morgan fingerprint density at radius 1 is 1.20 bits per heavy atom. The second-order valence-electron chi connectivity index (χ2n) is 5.79. The summed E-state index contributed by atoms with van der Waals surface area (Å²) in [5, 5.41) is 8.03. The molecule has 1 saturated heterocycles. The Hall–Kier alpha value is -0.950. The van der Waals surface area contributed by atoms with Gasteiger partial charge in [0, 0.05) is 23.1 Å². The molecule has 1 aromatic carbocycles. The van der Waals surface area contributed by atoms with Crippen LogP contribution in [0.1, 0.15) is 31.5 Å². The van der Waals surface area contributed by atoms with Gasteiger partial charge in [0.05, 0.1) is 6.54 Å². The van der Waals surface area contributed by atoms with Crippen molar-refractivity contribution >= 4 is 36.6 Å². The van der Waals surface area contributed by atoms with E-state index in [1.807, 2.05) is 29.7 Å². The standard InChI is InChI=1S/C17H24N4OS.2ClH/c1-2-20-16(14-8-10-18-11-9-14)19-21(17(20)22)12-13-23-15-6-4-3-5-7-15;;/h3-7,14,18H,2,8-13H2,1H3;2*1H. The van der Waals surface area contributed by atoms with Crippen molar-refractivity contribution in [3.8, 4) is 0 Å². The topological polar surface area (TPSA) is 51.9 Å². The molecule has 0 spiro atoms. The molecule has 1 aromatic heterocycles. The average molecular weight is 405 g/mol. The van der Waals surface area contributed by atoms with Gasteiger partial charge in [-0.25, -0.2) is 9.48 Å². The van der Waals surface area contributed by atoms with E-state index < -0.39 is 0 Å². The van der Waals surface area contributed by atoms with Gasteiger partial charge in [0.25, 0.3) is 0 Å². The number of hydrogen-bond donors (Lipinski definition) is 1. The monoisotopic (exact) mass is 404 g/mol. The van der Waals surface area contributed by atoms with Gasteiger partial charge in [-0.05, 0) is 45.0 Å². The molecular weight excluding hydrogens is 379 g/mol. The molecule has 0 amide bonds. The smallest absolute Gasteiger partial charge is 0.317 e. The van der Waals surface area contributed by atoms with E-state index in [-0.39, 0.29) is 30.5 Å². The maximum atomic E-state index is 12.5. The first-order valence-corrected chi connectivity index (χ1v) is 9.34. The lowest BCUT2D eigenvalue weighted by Crippen LogP contribution is -2.29. The van der Waals surface area contributed by atoms with Gasteiger partial charge < -0.3 is 5.32 Å². The Morgan fingerprint density at radius 3 is 2.52 bits per heavy atom. The summed E-state index contributed by atoms with van der Waals surface area (Å²) >= 11 is 1.76. The highest BCUT2D eigenvalue weighted by Crippen LogP contribution is 2.23. The van der Waals surface area contributed by atoms with Gasteiger partial charge in [-0.15, -0.1) is 36.6 Å². The van der Waals surface area contributed by atoms with Gasteiger partial charge in [0.2, 0.25) is 0 Å². The zero-order valence-corrected chi connectivity index (χ0v) is 16.8. The third kappa shape index (κ3) is 5.51. The van der Waals surface area contributed by atoms with Crippen molar-refractivity contribution in [2.45, 2.75) is 43.7 Å². The molecule has 0 unspecified atom stereocenters. The lowest BCUT2D eigenvalue weighted by molar-refractivity contribution is 0.429. The van der Waals surface area contributed by atoms with E-state index in [1.54, 1.807) is 16.4 Å². The van der Waals surface area contributed by atoms with Gasteiger partial charge >= 0.3 is 5.69 Å². The lowest BCUT2D eigenvalue weighted by Gasteiger charge is -2.21. The van der Waals surface area contributed by atoms with Crippen molar-refractivity contribution in [2.24, 2.45) is 0 Å². The van der Waals surface area contributed by atoms with Crippen LogP contribution in [0.25, 0.3) is 0 Å². The number of hydrogen-bond acceptors (Lipinski definition) is 4. The van der Waals surface area contributed by atoms with Crippen LogP contribution in [0.15, 0.2) is 40.0 Å². The highest BCUT2D eigenvalue weighted by atomic mass is 35.5. The summed E-state index contributed by atoms with van der Waals surface area (Å²) in [6.07, 6.45) is 2.13. The average Bonchev–Trinajstić information content (AvgIpc) is 2.93. The predicted octanol–water partition coefficient (Wildman–Crippen LogP) is 3.17. The van der Waals surface area contributed by atoms with Crippen LogP contribution < -0.4 is 11.0 Å². The maximum Gasteiger partial charge on any atom is 0.345 e. The van der Waals surface area contributed by atoms with Crippen LogP contribution in [0.4, 0.5) is 0 Å². The van der Waals surface area contributed by atoms with Crippen LogP contribution in [-0.2, 0) is 13.1 Å². The van der Waals surface area contributed by atoms with Crippen molar-refractivity contribution in [3.05, 3.63) is 46.6 Å². The zero-order valence-electron chi connectivity index (χ0n) is 14.4. The van der Waals surface area contributed by atoms with Crippen molar-refractivity contribution in [2.75, 3.05) is 18.8 Å². The largest absolute Gasteiger partial charge is 0.345 e. The molecule has 2 heterocycles.